The van der Waals surface area contributed by atoms with Crippen LogP contribution in [0.5, 0.6) is 0 Å². The Bertz CT molecular complexity index is 551. The van der Waals surface area contributed by atoms with Crippen LogP contribution in [-0.2, 0) is 16.1 Å². The van der Waals surface area contributed by atoms with E-state index in [2.05, 4.69) is 5.32 Å². The van der Waals surface area contributed by atoms with Gasteiger partial charge in [-0.25, -0.2) is 4.39 Å². The summed E-state index contributed by atoms with van der Waals surface area (Å²) >= 11 is 0. The van der Waals surface area contributed by atoms with Gasteiger partial charge in [-0.1, -0.05) is 0 Å². The van der Waals surface area contributed by atoms with E-state index < -0.39 is 0 Å². The Hall–Kier alpha value is -1.88. The molecule has 1 aromatic heterocycles. The summed E-state index contributed by atoms with van der Waals surface area (Å²) < 4.78 is 19.6. The quantitative estimate of drug-likeness (QED) is 0.818. The molecule has 0 atom stereocenters. The van der Waals surface area contributed by atoms with E-state index in [0.29, 0.717) is 13.2 Å². The number of fused-ring (bicyclic) bond motifs is 1. The molecule has 0 aliphatic carbocycles. The van der Waals surface area contributed by atoms with Gasteiger partial charge in [-0.05, 0) is 24.3 Å². The summed E-state index contributed by atoms with van der Waals surface area (Å²) in [6.45, 7) is 1.20. The molecule has 1 N–H and O–H groups in total. The van der Waals surface area contributed by atoms with Crippen LogP contribution in [0.15, 0.2) is 30.5 Å². The average Bonchev–Trinajstić information content (AvgIpc) is 2.72. The number of carbonyl (C=O) groups excluding carboxylic acids is 1. The van der Waals surface area contributed by atoms with Gasteiger partial charge < -0.3 is 14.6 Å². The van der Waals surface area contributed by atoms with E-state index in [1.54, 1.807) is 30.0 Å². The first kappa shape index (κ1) is 12.6. The molecule has 0 spiro atoms. The fraction of sp³-hybridized carbons (Fsp3) is 0.308. The van der Waals surface area contributed by atoms with Gasteiger partial charge in [0.05, 0.1) is 6.61 Å². The van der Waals surface area contributed by atoms with Crippen LogP contribution in [0, 0.1) is 5.82 Å². The normalized spacial score (nSPS) is 10.8. The fourth-order valence-electron chi connectivity index (χ4n) is 1.81. The molecule has 0 aliphatic heterocycles. The van der Waals surface area contributed by atoms with Crippen molar-refractivity contribution in [2.45, 2.75) is 6.54 Å². The van der Waals surface area contributed by atoms with Crippen LogP contribution in [0.1, 0.15) is 0 Å². The lowest BCUT2D eigenvalue weighted by molar-refractivity contribution is -0.121. The second kappa shape index (κ2) is 5.64. The molecule has 0 saturated heterocycles. The van der Waals surface area contributed by atoms with Crippen molar-refractivity contribution in [2.24, 2.45) is 0 Å². The molecule has 2 aromatic rings. The Labute approximate surface area is 104 Å². The smallest absolute Gasteiger partial charge is 0.240 e. The maximum Gasteiger partial charge on any atom is 0.240 e. The monoisotopic (exact) mass is 250 g/mol. The van der Waals surface area contributed by atoms with Gasteiger partial charge in [0.1, 0.15) is 12.4 Å². The Balaban J connectivity index is 2.05. The lowest BCUT2D eigenvalue weighted by atomic mass is 10.2. The highest BCUT2D eigenvalue weighted by Crippen LogP contribution is 2.16. The number of ether oxygens (including phenoxy) is 1. The van der Waals surface area contributed by atoms with Crippen molar-refractivity contribution in [2.75, 3.05) is 20.3 Å². The van der Waals surface area contributed by atoms with Crippen LogP contribution in [0.25, 0.3) is 10.9 Å². The maximum atomic E-state index is 13.0. The number of hydrogen-bond acceptors (Lipinski definition) is 2. The third-order valence-corrected chi connectivity index (χ3v) is 2.68. The Kier molecular flexibility index (Phi) is 3.94. The standard InChI is InChI=1S/C13H15FN2O2/c1-18-7-5-15-13(17)9-16-6-4-10-8-11(14)2-3-12(10)16/h2-4,6,8H,5,7,9H2,1H3,(H,15,17). The number of amides is 1. The average molecular weight is 250 g/mol. The fourth-order valence-corrected chi connectivity index (χ4v) is 1.81. The number of nitrogens with zero attached hydrogens (tertiary/aromatic N) is 1. The van der Waals surface area contributed by atoms with Crippen molar-refractivity contribution in [3.8, 4) is 0 Å². The molecule has 96 valence electrons. The predicted octanol–water partition coefficient (Wildman–Crippen LogP) is 1.54. The molecule has 18 heavy (non-hydrogen) atoms. The van der Waals surface area contributed by atoms with Crippen molar-refractivity contribution in [3.63, 3.8) is 0 Å². The van der Waals surface area contributed by atoms with E-state index in [1.165, 1.54) is 12.1 Å². The molecule has 1 aromatic carbocycles. The molecule has 0 fully saturated rings. The minimum atomic E-state index is -0.273. The summed E-state index contributed by atoms with van der Waals surface area (Å²) in [5.41, 5.74) is 0.846. The molecule has 0 unspecified atom stereocenters. The van der Waals surface area contributed by atoms with Crippen molar-refractivity contribution in [3.05, 3.63) is 36.3 Å². The van der Waals surface area contributed by atoms with E-state index in [-0.39, 0.29) is 18.3 Å². The topological polar surface area (TPSA) is 43.3 Å². The molecule has 1 amide bonds. The van der Waals surface area contributed by atoms with Gasteiger partial charge in [-0.3, -0.25) is 4.79 Å². The molecule has 0 saturated carbocycles. The molecular weight excluding hydrogens is 235 g/mol. The van der Waals surface area contributed by atoms with Crippen molar-refractivity contribution < 1.29 is 13.9 Å². The van der Waals surface area contributed by atoms with Crippen molar-refractivity contribution in [1.29, 1.82) is 0 Å². The van der Waals surface area contributed by atoms with Gasteiger partial charge in [-0.2, -0.15) is 0 Å². The van der Waals surface area contributed by atoms with Crippen LogP contribution in [0.2, 0.25) is 0 Å². The summed E-state index contributed by atoms with van der Waals surface area (Å²) in [7, 11) is 1.58. The second-order valence-corrected chi connectivity index (χ2v) is 3.99. The van der Waals surface area contributed by atoms with Gasteiger partial charge in [-0.15, -0.1) is 0 Å². The van der Waals surface area contributed by atoms with Gasteiger partial charge in [0.25, 0.3) is 0 Å². The van der Waals surface area contributed by atoms with Gasteiger partial charge >= 0.3 is 0 Å². The summed E-state index contributed by atoms with van der Waals surface area (Å²) in [4.78, 5) is 11.6. The Morgan fingerprint density at radius 1 is 1.44 bits per heavy atom. The lowest BCUT2D eigenvalue weighted by Crippen LogP contribution is -2.30. The molecule has 0 bridgehead atoms. The van der Waals surface area contributed by atoms with E-state index in [0.717, 1.165) is 10.9 Å². The zero-order valence-electron chi connectivity index (χ0n) is 10.1. The number of benzene rings is 1. The largest absolute Gasteiger partial charge is 0.383 e. The van der Waals surface area contributed by atoms with Crippen LogP contribution in [-0.4, -0.2) is 30.7 Å². The first-order valence-corrected chi connectivity index (χ1v) is 5.71. The van der Waals surface area contributed by atoms with Crippen LogP contribution in [0.3, 0.4) is 0 Å². The summed E-state index contributed by atoms with van der Waals surface area (Å²) in [5.74, 6) is -0.362. The summed E-state index contributed by atoms with van der Waals surface area (Å²) in [6, 6.07) is 6.31. The predicted molar refractivity (Wildman–Crippen MR) is 66.8 cm³/mol. The number of methoxy groups -OCH3 is 1. The second-order valence-electron chi connectivity index (χ2n) is 3.99. The molecule has 4 nitrogen and oxygen atoms in total. The van der Waals surface area contributed by atoms with Crippen LogP contribution < -0.4 is 5.32 Å². The molecule has 1 heterocycles. The number of nitrogens with one attached hydrogen (secondary N) is 1. The number of aromatic nitrogens is 1. The minimum absolute atomic E-state index is 0.0890. The van der Waals surface area contributed by atoms with E-state index in [9.17, 15) is 9.18 Å². The minimum Gasteiger partial charge on any atom is -0.383 e. The Morgan fingerprint density at radius 2 is 2.28 bits per heavy atom. The first-order valence-electron chi connectivity index (χ1n) is 5.71. The molecule has 0 radical (unpaired) electrons. The van der Waals surface area contributed by atoms with Gasteiger partial charge in [0, 0.05) is 30.8 Å². The Morgan fingerprint density at radius 3 is 3.06 bits per heavy atom. The summed E-state index contributed by atoms with van der Waals surface area (Å²) in [6.07, 6.45) is 1.78. The summed E-state index contributed by atoms with van der Waals surface area (Å²) in [5, 5.41) is 3.53. The lowest BCUT2D eigenvalue weighted by Gasteiger charge is -2.06. The number of hydrogen-bond donors (Lipinski definition) is 1. The van der Waals surface area contributed by atoms with E-state index in [1.807, 2.05) is 0 Å². The van der Waals surface area contributed by atoms with Crippen LogP contribution >= 0.6 is 0 Å². The van der Waals surface area contributed by atoms with Crippen molar-refractivity contribution >= 4 is 16.8 Å². The van der Waals surface area contributed by atoms with Gasteiger partial charge in [0.15, 0.2) is 0 Å². The van der Waals surface area contributed by atoms with E-state index in [4.69, 9.17) is 4.74 Å². The molecular formula is C13H15FN2O2. The third-order valence-electron chi connectivity index (χ3n) is 2.68. The number of carbonyl (C=O) groups is 1. The van der Waals surface area contributed by atoms with Crippen LogP contribution in [0.4, 0.5) is 4.39 Å². The van der Waals surface area contributed by atoms with Gasteiger partial charge in [0.2, 0.25) is 5.91 Å². The SMILES string of the molecule is COCCNC(=O)Cn1ccc2cc(F)ccc21. The zero-order valence-corrected chi connectivity index (χ0v) is 10.1. The highest BCUT2D eigenvalue weighted by Gasteiger charge is 2.06. The molecule has 2 rings (SSSR count). The highest BCUT2D eigenvalue weighted by molar-refractivity contribution is 5.83. The zero-order chi connectivity index (χ0) is 13.0. The highest BCUT2D eigenvalue weighted by atomic mass is 19.1. The number of rotatable bonds is 5. The first-order chi connectivity index (χ1) is 8.70. The molecule has 5 heteroatoms. The third kappa shape index (κ3) is 2.87. The number of halogens is 1. The van der Waals surface area contributed by atoms with Crippen molar-refractivity contribution in [1.82, 2.24) is 9.88 Å². The van der Waals surface area contributed by atoms with E-state index >= 15 is 0 Å². The maximum absolute atomic E-state index is 13.0. The molecule has 0 aliphatic rings.